The van der Waals surface area contributed by atoms with Crippen molar-refractivity contribution < 1.29 is 18.7 Å². The fraction of sp³-hybridized carbons (Fsp3) is 0.444. The van der Waals surface area contributed by atoms with Crippen LogP contribution in [0, 0.1) is 12.8 Å². The van der Waals surface area contributed by atoms with Gasteiger partial charge in [0.25, 0.3) is 0 Å². The Hall–Kier alpha value is -1.97. The van der Waals surface area contributed by atoms with Crippen molar-refractivity contribution in [2.45, 2.75) is 38.5 Å². The molecule has 0 heterocycles. The molecule has 3 nitrogen and oxygen atoms in total. The first-order chi connectivity index (χ1) is 10.4. The molecule has 1 aromatic carbocycles. The van der Waals surface area contributed by atoms with Crippen molar-refractivity contribution in [3.63, 3.8) is 0 Å². The first-order valence-electron chi connectivity index (χ1n) is 7.50. The Morgan fingerprint density at radius 3 is 2.73 bits per heavy atom. The number of halogens is 1. The second kappa shape index (κ2) is 5.04. The van der Waals surface area contributed by atoms with Crippen LogP contribution in [-0.4, -0.2) is 18.9 Å². The van der Waals surface area contributed by atoms with E-state index in [-0.39, 0.29) is 18.0 Å². The second-order valence-electron chi connectivity index (χ2n) is 6.28. The van der Waals surface area contributed by atoms with Gasteiger partial charge in [-0.2, -0.15) is 0 Å². The highest BCUT2D eigenvalue weighted by Crippen LogP contribution is 2.55. The summed E-state index contributed by atoms with van der Waals surface area (Å²) in [6, 6.07) is 5.76. The number of esters is 1. The third-order valence-corrected chi connectivity index (χ3v) is 5.12. The van der Waals surface area contributed by atoms with Crippen LogP contribution in [0.4, 0.5) is 4.39 Å². The van der Waals surface area contributed by atoms with E-state index < -0.39 is 17.3 Å². The molecule has 1 spiro atoms. The number of aryl methyl sites for hydroxylation is 1. The first-order valence-corrected chi connectivity index (χ1v) is 7.50. The number of hydrogen-bond donors (Lipinski definition) is 0. The van der Waals surface area contributed by atoms with Gasteiger partial charge in [0.1, 0.15) is 17.5 Å². The molecule has 3 rings (SSSR count). The number of ether oxygens (including phenoxy) is 1. The van der Waals surface area contributed by atoms with Gasteiger partial charge in [0.05, 0.1) is 12.5 Å². The number of hydrogen-bond acceptors (Lipinski definition) is 3. The largest absolute Gasteiger partial charge is 0.468 e. The lowest BCUT2D eigenvalue weighted by Gasteiger charge is -2.36. The fourth-order valence-electron chi connectivity index (χ4n) is 4.02. The third kappa shape index (κ3) is 1.86. The summed E-state index contributed by atoms with van der Waals surface area (Å²) in [5, 5.41) is 0. The Bertz CT molecular complexity index is 704. The summed E-state index contributed by atoms with van der Waals surface area (Å²) >= 11 is 0. The Morgan fingerprint density at radius 1 is 1.36 bits per heavy atom. The van der Waals surface area contributed by atoms with E-state index in [9.17, 15) is 9.59 Å². The van der Waals surface area contributed by atoms with E-state index in [1.807, 2.05) is 25.1 Å². The fourth-order valence-corrected chi connectivity index (χ4v) is 4.02. The molecule has 1 saturated carbocycles. The van der Waals surface area contributed by atoms with Gasteiger partial charge in [-0.1, -0.05) is 18.2 Å². The van der Waals surface area contributed by atoms with Gasteiger partial charge in [0.2, 0.25) is 0 Å². The number of carbonyl (C=O) groups is 2. The van der Waals surface area contributed by atoms with Crippen LogP contribution in [0.3, 0.4) is 0 Å². The molecule has 22 heavy (non-hydrogen) atoms. The van der Waals surface area contributed by atoms with Crippen molar-refractivity contribution in [3.05, 3.63) is 40.7 Å². The zero-order chi connectivity index (χ0) is 16.1. The molecule has 4 heteroatoms. The summed E-state index contributed by atoms with van der Waals surface area (Å²) in [6.07, 6.45) is 0.824. The number of rotatable bonds is 1. The lowest BCUT2D eigenvalue weighted by atomic mass is 9.66. The number of fused-ring (bicyclic) bond motifs is 2. The highest BCUT2D eigenvalue weighted by molar-refractivity contribution is 6.01. The molecular weight excluding hydrogens is 283 g/mol. The van der Waals surface area contributed by atoms with E-state index in [2.05, 4.69) is 4.74 Å². The molecule has 2 aliphatic rings. The van der Waals surface area contributed by atoms with Crippen LogP contribution >= 0.6 is 0 Å². The molecule has 1 aromatic rings. The molecule has 2 atom stereocenters. The molecule has 2 aliphatic carbocycles. The number of benzene rings is 1. The summed E-state index contributed by atoms with van der Waals surface area (Å²) in [5.41, 5.74) is 2.57. The van der Waals surface area contributed by atoms with Crippen LogP contribution in [0.5, 0.6) is 0 Å². The maximum Gasteiger partial charge on any atom is 0.316 e. The monoisotopic (exact) mass is 302 g/mol. The lowest BCUT2D eigenvalue weighted by Crippen LogP contribution is -2.40. The normalized spacial score (nSPS) is 27.3. The minimum atomic E-state index is -0.882. The van der Waals surface area contributed by atoms with E-state index in [0.717, 1.165) is 16.7 Å². The molecule has 0 bridgehead atoms. The van der Waals surface area contributed by atoms with E-state index in [1.54, 1.807) is 6.92 Å². The molecule has 1 fully saturated rings. The van der Waals surface area contributed by atoms with Crippen molar-refractivity contribution in [1.82, 2.24) is 0 Å². The molecule has 1 unspecified atom stereocenters. The van der Waals surface area contributed by atoms with Gasteiger partial charge in [0, 0.05) is 6.42 Å². The number of allylic oxidation sites excluding steroid dienone is 2. The van der Waals surface area contributed by atoms with Gasteiger partial charge in [0.15, 0.2) is 0 Å². The van der Waals surface area contributed by atoms with E-state index >= 15 is 4.39 Å². The van der Waals surface area contributed by atoms with Crippen LogP contribution in [0.2, 0.25) is 0 Å². The number of methoxy groups -OCH3 is 1. The van der Waals surface area contributed by atoms with Gasteiger partial charge < -0.3 is 4.74 Å². The van der Waals surface area contributed by atoms with Crippen LogP contribution in [0.1, 0.15) is 42.9 Å². The van der Waals surface area contributed by atoms with E-state index in [4.69, 9.17) is 0 Å². The molecular formula is C18H19FO3. The summed E-state index contributed by atoms with van der Waals surface area (Å²) < 4.78 is 19.7. The van der Waals surface area contributed by atoms with Gasteiger partial charge in [-0.25, -0.2) is 4.39 Å². The second-order valence-corrected chi connectivity index (χ2v) is 6.28. The molecule has 0 radical (unpaired) electrons. The molecule has 0 amide bonds. The highest BCUT2D eigenvalue weighted by Gasteiger charge is 2.51. The third-order valence-electron chi connectivity index (χ3n) is 5.12. The predicted octanol–water partition coefficient (Wildman–Crippen LogP) is 3.49. The topological polar surface area (TPSA) is 43.4 Å². The van der Waals surface area contributed by atoms with Crippen molar-refractivity contribution in [3.8, 4) is 0 Å². The zero-order valence-corrected chi connectivity index (χ0v) is 13.0. The predicted molar refractivity (Wildman–Crippen MR) is 80.9 cm³/mol. The van der Waals surface area contributed by atoms with Gasteiger partial charge >= 0.3 is 5.97 Å². The van der Waals surface area contributed by atoms with Crippen LogP contribution in [0.15, 0.2) is 24.0 Å². The SMILES string of the molecule is COC(=O)C1CC[C@]2(CC1=O)C(F)=C(C)c1c(C)cccc12. The van der Waals surface area contributed by atoms with Gasteiger partial charge in [-0.3, -0.25) is 9.59 Å². The maximum atomic E-state index is 15.0. The highest BCUT2D eigenvalue weighted by atomic mass is 19.1. The summed E-state index contributed by atoms with van der Waals surface area (Å²) in [7, 11) is 1.28. The molecule has 0 aliphatic heterocycles. The smallest absolute Gasteiger partial charge is 0.316 e. The van der Waals surface area contributed by atoms with Crippen molar-refractivity contribution in [2.75, 3.05) is 7.11 Å². The van der Waals surface area contributed by atoms with Crippen molar-refractivity contribution in [2.24, 2.45) is 5.92 Å². The average molecular weight is 302 g/mol. The molecule has 0 N–H and O–H groups in total. The van der Waals surface area contributed by atoms with E-state index in [1.165, 1.54) is 7.11 Å². The van der Waals surface area contributed by atoms with Gasteiger partial charge in [-0.15, -0.1) is 0 Å². The molecule has 0 saturated heterocycles. The quantitative estimate of drug-likeness (QED) is 0.589. The number of Topliss-reactive ketones (excluding diaryl/α,β-unsaturated/α-hetero) is 1. The minimum Gasteiger partial charge on any atom is -0.468 e. The Morgan fingerprint density at radius 2 is 2.09 bits per heavy atom. The molecule has 116 valence electrons. The number of ketones is 1. The number of carbonyl (C=O) groups excluding carboxylic acids is 2. The lowest BCUT2D eigenvalue weighted by molar-refractivity contribution is -0.151. The Labute approximate surface area is 129 Å². The maximum absolute atomic E-state index is 15.0. The first kappa shape index (κ1) is 14.9. The Balaban J connectivity index is 2.05. The van der Waals surface area contributed by atoms with Crippen molar-refractivity contribution >= 4 is 17.3 Å². The average Bonchev–Trinajstić information content (AvgIpc) is 2.70. The van der Waals surface area contributed by atoms with Crippen LogP contribution in [0.25, 0.3) is 5.57 Å². The zero-order valence-electron chi connectivity index (χ0n) is 13.0. The summed E-state index contributed by atoms with van der Waals surface area (Å²) in [6.45, 7) is 3.73. The molecule has 0 aromatic heterocycles. The Kier molecular flexibility index (Phi) is 3.42. The minimum absolute atomic E-state index is 0.0341. The van der Waals surface area contributed by atoms with Gasteiger partial charge in [-0.05, 0) is 49.0 Å². The summed E-state index contributed by atoms with van der Waals surface area (Å²) in [4.78, 5) is 24.1. The summed E-state index contributed by atoms with van der Waals surface area (Å²) in [5.74, 6) is -1.70. The standard InChI is InChI=1S/C18H19FO3/c1-10-5-4-6-13-15(10)11(2)16(19)18(13)8-7-12(14(20)9-18)17(21)22-3/h4-6,12H,7-9H2,1-3H3/t12?,18-/m1/s1. The van der Waals surface area contributed by atoms with Crippen LogP contribution < -0.4 is 0 Å². The van der Waals surface area contributed by atoms with Crippen molar-refractivity contribution in [1.29, 1.82) is 0 Å². The van der Waals surface area contributed by atoms with E-state index in [0.29, 0.717) is 18.4 Å². The van der Waals surface area contributed by atoms with Crippen LogP contribution in [-0.2, 0) is 19.7 Å².